The summed E-state index contributed by atoms with van der Waals surface area (Å²) in [4.78, 5) is 15.0. The van der Waals surface area contributed by atoms with Gasteiger partial charge in [0, 0.05) is 12.9 Å². The summed E-state index contributed by atoms with van der Waals surface area (Å²) in [6.45, 7) is 3.40. The van der Waals surface area contributed by atoms with Crippen molar-refractivity contribution < 1.29 is 15.0 Å². The van der Waals surface area contributed by atoms with Crippen LogP contribution in [0.5, 0.6) is 0 Å². The van der Waals surface area contributed by atoms with E-state index in [1.165, 1.54) is 44.0 Å². The Labute approximate surface area is 123 Å². The topological polar surface area (TPSA) is 86.0 Å². The third-order valence-electron chi connectivity index (χ3n) is 3.68. The number of carboxylic acids is 1. The molecule has 0 unspecified atom stereocenters. The highest BCUT2D eigenvalue weighted by Gasteiger charge is 2.16. The molecule has 0 amide bonds. The molecule has 6 heteroatoms. The first-order valence-electron chi connectivity index (χ1n) is 6.97. The van der Waals surface area contributed by atoms with Gasteiger partial charge in [-0.3, -0.25) is 0 Å². The number of allylic oxidation sites excluding steroid dienone is 1. The standard InChI is InChI=1S/C15H19N3O3/c1-16-18(13-10-12(15(20)21)8-9-17-13)14(19)7-6-11-4-2-3-5-11/h7-11,19H,1-6H2,(H,20,21)/b14-7+. The van der Waals surface area contributed by atoms with Gasteiger partial charge in [-0.25, -0.2) is 9.78 Å². The molecule has 1 saturated carbocycles. The molecule has 1 fully saturated rings. The van der Waals surface area contributed by atoms with Crippen molar-refractivity contribution in [2.75, 3.05) is 5.01 Å². The maximum absolute atomic E-state index is 11.0. The van der Waals surface area contributed by atoms with Crippen molar-refractivity contribution >= 4 is 18.5 Å². The minimum absolute atomic E-state index is 0.0769. The van der Waals surface area contributed by atoms with Gasteiger partial charge in [-0.15, -0.1) is 0 Å². The Hall–Kier alpha value is -2.37. The molecule has 2 rings (SSSR count). The van der Waals surface area contributed by atoms with Gasteiger partial charge < -0.3 is 10.2 Å². The second-order valence-corrected chi connectivity index (χ2v) is 5.11. The molecule has 0 saturated heterocycles. The Morgan fingerprint density at radius 1 is 1.48 bits per heavy atom. The number of aromatic carboxylic acids is 1. The molecule has 1 aromatic rings. The van der Waals surface area contributed by atoms with E-state index in [-0.39, 0.29) is 17.3 Å². The summed E-state index contributed by atoms with van der Waals surface area (Å²) in [6, 6.07) is 2.73. The number of hydrogen-bond donors (Lipinski definition) is 2. The molecule has 1 aliphatic rings. The second-order valence-electron chi connectivity index (χ2n) is 5.11. The van der Waals surface area contributed by atoms with E-state index in [2.05, 4.69) is 16.8 Å². The predicted molar refractivity (Wildman–Crippen MR) is 80.5 cm³/mol. The van der Waals surface area contributed by atoms with Crippen LogP contribution in [0.4, 0.5) is 5.82 Å². The maximum Gasteiger partial charge on any atom is 0.335 e. The molecule has 1 aromatic heterocycles. The number of anilines is 1. The summed E-state index contributed by atoms with van der Waals surface area (Å²) < 4.78 is 0. The van der Waals surface area contributed by atoms with Crippen molar-refractivity contribution in [3.63, 3.8) is 0 Å². The first-order valence-corrected chi connectivity index (χ1v) is 6.97. The highest BCUT2D eigenvalue weighted by molar-refractivity contribution is 5.88. The zero-order valence-corrected chi connectivity index (χ0v) is 11.8. The molecule has 2 N–H and O–H groups in total. The van der Waals surface area contributed by atoms with Crippen molar-refractivity contribution in [3.8, 4) is 0 Å². The van der Waals surface area contributed by atoms with Crippen molar-refractivity contribution in [1.82, 2.24) is 4.98 Å². The molecule has 112 valence electrons. The van der Waals surface area contributed by atoms with Gasteiger partial charge in [0.2, 0.25) is 5.88 Å². The highest BCUT2D eigenvalue weighted by Crippen LogP contribution is 2.28. The largest absolute Gasteiger partial charge is 0.493 e. The van der Waals surface area contributed by atoms with E-state index in [9.17, 15) is 9.90 Å². The van der Waals surface area contributed by atoms with Gasteiger partial charge in [0.05, 0.1) is 5.56 Å². The van der Waals surface area contributed by atoms with E-state index in [1.807, 2.05) is 0 Å². The first-order chi connectivity index (χ1) is 10.1. The molecule has 0 spiro atoms. The molecule has 21 heavy (non-hydrogen) atoms. The van der Waals surface area contributed by atoms with Gasteiger partial charge in [-0.2, -0.15) is 10.1 Å². The number of aliphatic hydroxyl groups is 1. The Morgan fingerprint density at radius 3 is 2.81 bits per heavy atom. The van der Waals surface area contributed by atoms with Gasteiger partial charge >= 0.3 is 5.97 Å². The lowest BCUT2D eigenvalue weighted by Gasteiger charge is -2.17. The number of carbonyl (C=O) groups is 1. The van der Waals surface area contributed by atoms with Crippen LogP contribution in [0.15, 0.2) is 35.4 Å². The predicted octanol–water partition coefficient (Wildman–Crippen LogP) is 3.18. The van der Waals surface area contributed by atoms with Gasteiger partial charge in [-0.1, -0.05) is 25.7 Å². The molecule has 1 aliphatic carbocycles. The number of hydrazone groups is 1. The van der Waals surface area contributed by atoms with Crippen LogP contribution in [0.25, 0.3) is 0 Å². The molecule has 0 atom stereocenters. The molecule has 6 nitrogen and oxygen atoms in total. The van der Waals surface area contributed by atoms with Crippen LogP contribution in [0, 0.1) is 5.92 Å². The van der Waals surface area contributed by atoms with Crippen LogP contribution in [-0.2, 0) is 0 Å². The highest BCUT2D eigenvalue weighted by atomic mass is 16.4. The lowest BCUT2D eigenvalue weighted by Crippen LogP contribution is -2.17. The Morgan fingerprint density at radius 2 is 2.19 bits per heavy atom. The van der Waals surface area contributed by atoms with E-state index in [0.29, 0.717) is 5.92 Å². The van der Waals surface area contributed by atoms with Crippen molar-refractivity contribution in [3.05, 3.63) is 35.9 Å². The summed E-state index contributed by atoms with van der Waals surface area (Å²) in [6.07, 6.45) is 8.67. The lowest BCUT2D eigenvalue weighted by atomic mass is 10.0. The molecular weight excluding hydrogens is 270 g/mol. The minimum atomic E-state index is -1.06. The summed E-state index contributed by atoms with van der Waals surface area (Å²) in [5.41, 5.74) is 0.0808. The SMILES string of the molecule is C=NN(/C(O)=C\CC1CCCC1)c1cc(C(=O)O)ccn1. The van der Waals surface area contributed by atoms with Gasteiger partial charge in [0.25, 0.3) is 0 Å². The zero-order chi connectivity index (χ0) is 15.2. The molecule has 0 aliphatic heterocycles. The molecule has 0 radical (unpaired) electrons. The van der Waals surface area contributed by atoms with Gasteiger partial charge in [0.15, 0.2) is 5.82 Å². The van der Waals surface area contributed by atoms with Crippen LogP contribution in [0.3, 0.4) is 0 Å². The van der Waals surface area contributed by atoms with Gasteiger partial charge in [0.1, 0.15) is 0 Å². The summed E-state index contributed by atoms with van der Waals surface area (Å²) in [5.74, 6) is -0.314. The van der Waals surface area contributed by atoms with E-state index in [1.54, 1.807) is 6.08 Å². The van der Waals surface area contributed by atoms with E-state index in [4.69, 9.17) is 5.11 Å². The third kappa shape index (κ3) is 3.81. The van der Waals surface area contributed by atoms with Crippen LogP contribution < -0.4 is 5.01 Å². The average Bonchev–Trinajstić information content (AvgIpc) is 2.99. The quantitative estimate of drug-likeness (QED) is 0.477. The monoisotopic (exact) mass is 289 g/mol. The summed E-state index contributed by atoms with van der Waals surface area (Å²) in [7, 11) is 0. The third-order valence-corrected chi connectivity index (χ3v) is 3.68. The second kappa shape index (κ2) is 6.88. The molecule has 1 heterocycles. The fraction of sp³-hybridized carbons (Fsp3) is 0.400. The maximum atomic E-state index is 11.0. The fourth-order valence-corrected chi connectivity index (χ4v) is 2.53. The summed E-state index contributed by atoms with van der Waals surface area (Å²) in [5, 5.41) is 24.0. The normalized spacial score (nSPS) is 15.9. The van der Waals surface area contributed by atoms with E-state index < -0.39 is 5.97 Å². The summed E-state index contributed by atoms with van der Waals surface area (Å²) >= 11 is 0. The molecule has 0 aromatic carbocycles. The van der Waals surface area contributed by atoms with Crippen LogP contribution in [-0.4, -0.2) is 27.9 Å². The number of carboxylic acid groups (broad SMARTS) is 1. The van der Waals surface area contributed by atoms with Crippen molar-refractivity contribution in [2.45, 2.75) is 32.1 Å². The number of rotatable bonds is 6. The minimum Gasteiger partial charge on any atom is -0.493 e. The van der Waals surface area contributed by atoms with Crippen molar-refractivity contribution in [2.24, 2.45) is 11.0 Å². The zero-order valence-electron chi connectivity index (χ0n) is 11.8. The Balaban J connectivity index is 2.13. The molecule has 0 bridgehead atoms. The lowest BCUT2D eigenvalue weighted by molar-refractivity contribution is 0.0696. The fourth-order valence-electron chi connectivity index (χ4n) is 2.53. The Kier molecular flexibility index (Phi) is 4.92. The van der Waals surface area contributed by atoms with Crippen LogP contribution in [0.2, 0.25) is 0 Å². The van der Waals surface area contributed by atoms with E-state index in [0.717, 1.165) is 11.4 Å². The van der Waals surface area contributed by atoms with Gasteiger partial charge in [-0.05, 0) is 30.5 Å². The Bertz CT molecular complexity index is 551. The van der Waals surface area contributed by atoms with Crippen LogP contribution >= 0.6 is 0 Å². The number of hydrogen-bond acceptors (Lipinski definition) is 5. The van der Waals surface area contributed by atoms with Crippen molar-refractivity contribution in [1.29, 1.82) is 0 Å². The number of aliphatic hydroxyl groups excluding tert-OH is 1. The molecular formula is C15H19N3O3. The number of aromatic nitrogens is 1. The van der Waals surface area contributed by atoms with Crippen LogP contribution in [0.1, 0.15) is 42.5 Å². The van der Waals surface area contributed by atoms with E-state index >= 15 is 0 Å². The number of nitrogens with zero attached hydrogens (tertiary/aromatic N) is 3. The average molecular weight is 289 g/mol. The smallest absolute Gasteiger partial charge is 0.335 e. The number of pyridine rings is 1. The first kappa shape index (κ1) is 15.0.